The van der Waals surface area contributed by atoms with Gasteiger partial charge in [0.05, 0.1) is 6.04 Å². The van der Waals surface area contributed by atoms with E-state index in [-0.39, 0.29) is 24.1 Å². The fourth-order valence-corrected chi connectivity index (χ4v) is 2.16. The van der Waals surface area contributed by atoms with Crippen molar-refractivity contribution in [2.75, 3.05) is 23.9 Å². The molecule has 1 atom stereocenters. The van der Waals surface area contributed by atoms with Crippen molar-refractivity contribution in [3.05, 3.63) is 23.8 Å². The standard InChI is InChI=1S/C14H19F3N2O2S.ClH/c1-9-11(19-13(20)10(18)6-7-22-2)4-3-5-12(9)21-8-14(15,16)17;/h3-5,10H,6-8,18H2,1-2H3,(H,19,20);1H/t10-;/m0./s1. The number of benzene rings is 1. The molecule has 1 amide bonds. The summed E-state index contributed by atoms with van der Waals surface area (Å²) in [4.78, 5) is 11.9. The maximum absolute atomic E-state index is 12.2. The van der Waals surface area contributed by atoms with Gasteiger partial charge in [-0.1, -0.05) is 6.07 Å². The maximum atomic E-state index is 12.2. The number of nitrogens with one attached hydrogen (secondary N) is 1. The molecule has 0 aliphatic rings. The lowest BCUT2D eigenvalue weighted by atomic mass is 10.1. The number of thioether (sulfide) groups is 1. The molecule has 0 unspecified atom stereocenters. The fraction of sp³-hybridized carbons (Fsp3) is 0.500. The zero-order valence-corrected chi connectivity index (χ0v) is 14.4. The van der Waals surface area contributed by atoms with E-state index in [0.29, 0.717) is 17.7 Å². The molecule has 0 saturated carbocycles. The van der Waals surface area contributed by atoms with Crippen molar-refractivity contribution >= 4 is 35.8 Å². The number of carbonyl (C=O) groups excluding carboxylic acids is 1. The normalized spacial score (nSPS) is 12.3. The molecule has 1 aromatic rings. The number of amides is 1. The zero-order chi connectivity index (χ0) is 16.8. The largest absolute Gasteiger partial charge is 0.484 e. The molecule has 0 aliphatic heterocycles. The van der Waals surface area contributed by atoms with E-state index < -0.39 is 18.8 Å². The lowest BCUT2D eigenvalue weighted by Crippen LogP contribution is -2.36. The van der Waals surface area contributed by atoms with Gasteiger partial charge >= 0.3 is 6.18 Å². The van der Waals surface area contributed by atoms with Gasteiger partial charge in [0.1, 0.15) is 5.75 Å². The molecule has 0 heterocycles. The van der Waals surface area contributed by atoms with Gasteiger partial charge in [-0.15, -0.1) is 12.4 Å². The highest BCUT2D eigenvalue weighted by atomic mass is 35.5. The van der Waals surface area contributed by atoms with Crippen molar-refractivity contribution in [2.45, 2.75) is 25.6 Å². The molecule has 1 aromatic carbocycles. The molecule has 0 spiro atoms. The number of alkyl halides is 3. The topological polar surface area (TPSA) is 64.4 Å². The smallest absolute Gasteiger partial charge is 0.422 e. The first kappa shape index (κ1) is 21.9. The molecule has 9 heteroatoms. The summed E-state index contributed by atoms with van der Waals surface area (Å²) in [6, 6.07) is 3.87. The van der Waals surface area contributed by atoms with Crippen LogP contribution in [0.2, 0.25) is 0 Å². The Labute approximate surface area is 143 Å². The van der Waals surface area contributed by atoms with Crippen LogP contribution in [-0.4, -0.2) is 36.7 Å². The second-order valence-electron chi connectivity index (χ2n) is 4.71. The predicted molar refractivity (Wildman–Crippen MR) is 89.6 cm³/mol. The lowest BCUT2D eigenvalue weighted by Gasteiger charge is -2.16. The van der Waals surface area contributed by atoms with Gasteiger partial charge < -0.3 is 15.8 Å². The summed E-state index contributed by atoms with van der Waals surface area (Å²) in [6.07, 6.45) is -1.97. The Kier molecular flexibility index (Phi) is 9.41. The monoisotopic (exact) mass is 372 g/mol. The second kappa shape index (κ2) is 9.89. The number of nitrogens with two attached hydrogens (primary N) is 1. The van der Waals surface area contributed by atoms with Crippen LogP contribution in [0.5, 0.6) is 5.75 Å². The van der Waals surface area contributed by atoms with Gasteiger partial charge in [0.25, 0.3) is 0 Å². The highest BCUT2D eigenvalue weighted by Crippen LogP contribution is 2.27. The summed E-state index contributed by atoms with van der Waals surface area (Å²) in [5.41, 5.74) is 6.57. The van der Waals surface area contributed by atoms with Crippen LogP contribution in [0.1, 0.15) is 12.0 Å². The highest BCUT2D eigenvalue weighted by molar-refractivity contribution is 7.98. The molecule has 4 nitrogen and oxygen atoms in total. The third kappa shape index (κ3) is 7.81. The van der Waals surface area contributed by atoms with E-state index in [9.17, 15) is 18.0 Å². The van der Waals surface area contributed by atoms with Crippen LogP contribution in [0.4, 0.5) is 18.9 Å². The fourth-order valence-electron chi connectivity index (χ4n) is 1.67. The summed E-state index contributed by atoms with van der Waals surface area (Å²) in [6.45, 7) is 0.202. The minimum atomic E-state index is -4.41. The Morgan fingerprint density at radius 1 is 1.43 bits per heavy atom. The highest BCUT2D eigenvalue weighted by Gasteiger charge is 2.28. The van der Waals surface area contributed by atoms with Crippen molar-refractivity contribution in [1.82, 2.24) is 0 Å². The number of anilines is 1. The summed E-state index contributed by atoms with van der Waals surface area (Å²) in [5, 5.41) is 2.62. The third-order valence-electron chi connectivity index (χ3n) is 2.90. The predicted octanol–water partition coefficient (Wildman–Crippen LogP) is 3.38. The first-order valence-corrected chi connectivity index (χ1v) is 7.98. The molecule has 0 fully saturated rings. The third-order valence-corrected chi connectivity index (χ3v) is 3.55. The Morgan fingerprint density at radius 3 is 2.65 bits per heavy atom. The van der Waals surface area contributed by atoms with Crippen molar-refractivity contribution in [3.63, 3.8) is 0 Å². The molecule has 0 aliphatic carbocycles. The molecular formula is C14H20ClF3N2O2S. The Balaban J connectivity index is 0.00000484. The Bertz CT molecular complexity index is 515. The van der Waals surface area contributed by atoms with Gasteiger partial charge in [0.15, 0.2) is 6.61 Å². The summed E-state index contributed by atoms with van der Waals surface area (Å²) in [5.74, 6) is 0.459. The number of carbonyl (C=O) groups is 1. The molecule has 23 heavy (non-hydrogen) atoms. The van der Waals surface area contributed by atoms with Crippen LogP contribution in [0.3, 0.4) is 0 Å². The van der Waals surface area contributed by atoms with E-state index in [0.717, 1.165) is 5.75 Å². The van der Waals surface area contributed by atoms with Gasteiger partial charge in [-0.2, -0.15) is 24.9 Å². The van der Waals surface area contributed by atoms with Crippen molar-refractivity contribution in [2.24, 2.45) is 5.73 Å². The van der Waals surface area contributed by atoms with Gasteiger partial charge in [0, 0.05) is 11.3 Å². The van der Waals surface area contributed by atoms with Gasteiger partial charge in [0.2, 0.25) is 5.91 Å². The number of hydrogen-bond acceptors (Lipinski definition) is 4. The van der Waals surface area contributed by atoms with E-state index in [4.69, 9.17) is 10.5 Å². The molecule has 3 N–H and O–H groups in total. The SMILES string of the molecule is CSCC[C@H](N)C(=O)Nc1cccc(OCC(F)(F)F)c1C.Cl. The Morgan fingerprint density at radius 2 is 2.09 bits per heavy atom. The van der Waals surface area contributed by atoms with Gasteiger partial charge in [-0.05, 0) is 37.5 Å². The van der Waals surface area contributed by atoms with Crippen LogP contribution in [-0.2, 0) is 4.79 Å². The minimum absolute atomic E-state index is 0. The molecule has 0 aromatic heterocycles. The van der Waals surface area contributed by atoms with Crippen LogP contribution >= 0.6 is 24.2 Å². The second-order valence-corrected chi connectivity index (χ2v) is 5.70. The molecular weight excluding hydrogens is 353 g/mol. The quantitative estimate of drug-likeness (QED) is 0.770. The van der Waals surface area contributed by atoms with Crippen molar-refractivity contribution in [3.8, 4) is 5.75 Å². The van der Waals surface area contributed by atoms with E-state index in [1.54, 1.807) is 24.8 Å². The van der Waals surface area contributed by atoms with Crippen molar-refractivity contribution < 1.29 is 22.7 Å². The Hall–Kier alpha value is -1.12. The number of hydrogen-bond donors (Lipinski definition) is 2. The zero-order valence-electron chi connectivity index (χ0n) is 12.8. The molecule has 0 saturated heterocycles. The summed E-state index contributed by atoms with van der Waals surface area (Å²) in [7, 11) is 0. The average Bonchev–Trinajstić information content (AvgIpc) is 2.44. The van der Waals surface area contributed by atoms with Gasteiger partial charge in [-0.25, -0.2) is 0 Å². The van der Waals surface area contributed by atoms with Crippen LogP contribution < -0.4 is 15.8 Å². The number of halogens is 4. The van der Waals surface area contributed by atoms with E-state index in [2.05, 4.69) is 5.32 Å². The minimum Gasteiger partial charge on any atom is -0.484 e. The molecule has 1 rings (SSSR count). The number of ether oxygens (including phenoxy) is 1. The van der Waals surface area contributed by atoms with Crippen LogP contribution in [0.15, 0.2) is 18.2 Å². The molecule has 132 valence electrons. The number of rotatable bonds is 7. The van der Waals surface area contributed by atoms with E-state index >= 15 is 0 Å². The molecule has 0 bridgehead atoms. The average molecular weight is 373 g/mol. The van der Waals surface area contributed by atoms with Crippen LogP contribution in [0.25, 0.3) is 0 Å². The van der Waals surface area contributed by atoms with E-state index in [1.165, 1.54) is 12.1 Å². The first-order valence-electron chi connectivity index (χ1n) is 6.59. The van der Waals surface area contributed by atoms with Crippen molar-refractivity contribution in [1.29, 1.82) is 0 Å². The van der Waals surface area contributed by atoms with Gasteiger partial charge in [-0.3, -0.25) is 4.79 Å². The molecule has 0 radical (unpaired) electrons. The van der Waals surface area contributed by atoms with Crippen LogP contribution in [0, 0.1) is 6.92 Å². The summed E-state index contributed by atoms with van der Waals surface area (Å²) < 4.78 is 41.3. The lowest BCUT2D eigenvalue weighted by molar-refractivity contribution is -0.153. The van der Waals surface area contributed by atoms with E-state index in [1.807, 2.05) is 6.26 Å². The summed E-state index contributed by atoms with van der Waals surface area (Å²) >= 11 is 1.58. The maximum Gasteiger partial charge on any atom is 0.422 e. The first-order chi connectivity index (χ1) is 10.2.